The Bertz CT molecular complexity index is 351. The number of anilines is 1. The van der Waals surface area contributed by atoms with Crippen molar-refractivity contribution in [3.05, 3.63) is 18.0 Å². The normalized spacial score (nSPS) is 12.5. The first-order chi connectivity index (χ1) is 7.00. The lowest BCUT2D eigenvalue weighted by Crippen LogP contribution is -2.40. The number of nitrogens with one attached hydrogen (secondary N) is 1. The SMILES string of the molecule is Cc1ccnc(N[C@@H](C(N)=O)C(C)C)n1. The summed E-state index contributed by atoms with van der Waals surface area (Å²) in [6, 6.07) is 1.35. The van der Waals surface area contributed by atoms with Gasteiger partial charge in [0.05, 0.1) is 0 Å². The van der Waals surface area contributed by atoms with Crippen LogP contribution in [0.25, 0.3) is 0 Å². The van der Waals surface area contributed by atoms with E-state index in [1.54, 1.807) is 12.3 Å². The molecule has 5 nitrogen and oxygen atoms in total. The third-order valence-electron chi connectivity index (χ3n) is 2.05. The standard InChI is InChI=1S/C10H16N4O/c1-6(2)8(9(11)15)14-10-12-5-4-7(3)13-10/h4-6,8H,1-3H3,(H2,11,15)(H,12,13,14)/t8-/m1/s1. The summed E-state index contributed by atoms with van der Waals surface area (Å²) < 4.78 is 0. The lowest BCUT2D eigenvalue weighted by molar-refractivity contribution is -0.119. The van der Waals surface area contributed by atoms with Gasteiger partial charge in [-0.05, 0) is 18.9 Å². The van der Waals surface area contributed by atoms with Crippen molar-refractivity contribution in [1.82, 2.24) is 9.97 Å². The number of hydrogen-bond acceptors (Lipinski definition) is 4. The number of primary amides is 1. The second kappa shape index (κ2) is 4.72. The molecule has 0 aliphatic carbocycles. The average molecular weight is 208 g/mol. The van der Waals surface area contributed by atoms with Crippen LogP contribution in [0.5, 0.6) is 0 Å². The molecule has 0 bridgehead atoms. The number of carbonyl (C=O) groups excluding carboxylic acids is 1. The van der Waals surface area contributed by atoms with Crippen LogP contribution in [0.1, 0.15) is 19.5 Å². The summed E-state index contributed by atoms with van der Waals surface area (Å²) in [6.45, 7) is 5.69. The van der Waals surface area contributed by atoms with Gasteiger partial charge in [-0.15, -0.1) is 0 Å². The minimum absolute atomic E-state index is 0.103. The van der Waals surface area contributed by atoms with Crippen molar-refractivity contribution in [3.63, 3.8) is 0 Å². The molecule has 0 fully saturated rings. The number of aromatic nitrogens is 2. The van der Waals surface area contributed by atoms with Crippen LogP contribution in [0.4, 0.5) is 5.95 Å². The highest BCUT2D eigenvalue weighted by atomic mass is 16.1. The van der Waals surface area contributed by atoms with E-state index in [-0.39, 0.29) is 5.92 Å². The van der Waals surface area contributed by atoms with Gasteiger partial charge in [-0.3, -0.25) is 4.79 Å². The van der Waals surface area contributed by atoms with E-state index in [0.29, 0.717) is 5.95 Å². The Morgan fingerprint density at radius 1 is 1.53 bits per heavy atom. The Kier molecular flexibility index (Phi) is 3.60. The van der Waals surface area contributed by atoms with Crippen LogP contribution < -0.4 is 11.1 Å². The van der Waals surface area contributed by atoms with Crippen LogP contribution in [0.2, 0.25) is 0 Å². The fourth-order valence-electron chi connectivity index (χ4n) is 1.22. The molecule has 0 aromatic carbocycles. The number of nitrogens with two attached hydrogens (primary N) is 1. The van der Waals surface area contributed by atoms with Gasteiger partial charge in [0.25, 0.3) is 0 Å². The van der Waals surface area contributed by atoms with E-state index >= 15 is 0 Å². The van der Waals surface area contributed by atoms with Gasteiger partial charge >= 0.3 is 0 Å². The Morgan fingerprint density at radius 3 is 2.67 bits per heavy atom. The molecule has 0 radical (unpaired) electrons. The van der Waals surface area contributed by atoms with Gasteiger partial charge in [-0.1, -0.05) is 13.8 Å². The molecule has 0 spiro atoms. The fraction of sp³-hybridized carbons (Fsp3) is 0.500. The summed E-state index contributed by atoms with van der Waals surface area (Å²) in [5.74, 6) is 0.147. The van der Waals surface area contributed by atoms with Crippen LogP contribution in [-0.2, 0) is 4.79 Å². The zero-order valence-electron chi connectivity index (χ0n) is 9.19. The van der Waals surface area contributed by atoms with Gasteiger partial charge in [0.2, 0.25) is 11.9 Å². The smallest absolute Gasteiger partial charge is 0.240 e. The average Bonchev–Trinajstić information content (AvgIpc) is 2.13. The first kappa shape index (κ1) is 11.4. The minimum Gasteiger partial charge on any atom is -0.368 e. The number of hydrogen-bond donors (Lipinski definition) is 2. The number of amides is 1. The van der Waals surface area contributed by atoms with Gasteiger partial charge < -0.3 is 11.1 Å². The fourth-order valence-corrected chi connectivity index (χ4v) is 1.22. The highest BCUT2D eigenvalue weighted by Gasteiger charge is 2.19. The molecule has 0 saturated heterocycles. The van der Waals surface area contributed by atoms with E-state index in [9.17, 15) is 4.79 Å². The molecule has 0 saturated carbocycles. The summed E-state index contributed by atoms with van der Waals surface area (Å²) >= 11 is 0. The van der Waals surface area contributed by atoms with E-state index in [2.05, 4.69) is 15.3 Å². The third-order valence-corrected chi connectivity index (χ3v) is 2.05. The van der Waals surface area contributed by atoms with Crippen LogP contribution in [0.3, 0.4) is 0 Å². The van der Waals surface area contributed by atoms with Crippen LogP contribution in [0, 0.1) is 12.8 Å². The molecule has 0 unspecified atom stereocenters. The Hall–Kier alpha value is -1.65. The maximum atomic E-state index is 11.1. The zero-order chi connectivity index (χ0) is 11.4. The molecule has 1 amide bonds. The van der Waals surface area contributed by atoms with E-state index in [4.69, 9.17) is 5.73 Å². The Balaban J connectivity index is 2.79. The van der Waals surface area contributed by atoms with E-state index in [0.717, 1.165) is 5.69 Å². The predicted molar refractivity (Wildman–Crippen MR) is 58.2 cm³/mol. The summed E-state index contributed by atoms with van der Waals surface area (Å²) in [6.07, 6.45) is 1.64. The summed E-state index contributed by atoms with van der Waals surface area (Å²) in [5, 5.41) is 2.92. The first-order valence-electron chi connectivity index (χ1n) is 4.86. The van der Waals surface area contributed by atoms with E-state index in [1.807, 2.05) is 20.8 Å². The molecule has 1 heterocycles. The van der Waals surface area contributed by atoms with Crippen molar-refractivity contribution >= 4 is 11.9 Å². The van der Waals surface area contributed by atoms with Crippen LogP contribution in [0.15, 0.2) is 12.3 Å². The van der Waals surface area contributed by atoms with Crippen molar-refractivity contribution in [3.8, 4) is 0 Å². The molecule has 15 heavy (non-hydrogen) atoms. The summed E-state index contributed by atoms with van der Waals surface area (Å²) in [5.41, 5.74) is 6.11. The second-order valence-electron chi connectivity index (χ2n) is 3.79. The van der Waals surface area contributed by atoms with Crippen LogP contribution >= 0.6 is 0 Å². The van der Waals surface area contributed by atoms with Gasteiger partial charge in [-0.2, -0.15) is 0 Å². The Morgan fingerprint density at radius 2 is 2.20 bits per heavy atom. The monoisotopic (exact) mass is 208 g/mol. The van der Waals surface area contributed by atoms with Crippen molar-refractivity contribution in [2.24, 2.45) is 11.7 Å². The summed E-state index contributed by atoms with van der Waals surface area (Å²) in [7, 11) is 0. The lowest BCUT2D eigenvalue weighted by Gasteiger charge is -2.18. The maximum absolute atomic E-state index is 11.1. The van der Waals surface area contributed by atoms with E-state index in [1.165, 1.54) is 0 Å². The van der Waals surface area contributed by atoms with Crippen molar-refractivity contribution < 1.29 is 4.79 Å². The molecule has 1 aromatic rings. The molecular formula is C10H16N4O. The van der Waals surface area contributed by atoms with Crippen molar-refractivity contribution in [2.75, 3.05) is 5.32 Å². The second-order valence-corrected chi connectivity index (χ2v) is 3.79. The molecule has 3 N–H and O–H groups in total. The molecule has 82 valence electrons. The van der Waals surface area contributed by atoms with Gasteiger partial charge in [0, 0.05) is 11.9 Å². The van der Waals surface area contributed by atoms with Gasteiger partial charge in [0.1, 0.15) is 6.04 Å². The molecule has 0 aliphatic rings. The molecule has 5 heteroatoms. The van der Waals surface area contributed by atoms with Gasteiger partial charge in [0.15, 0.2) is 0 Å². The molecular weight excluding hydrogens is 192 g/mol. The number of carbonyl (C=O) groups is 1. The molecule has 1 aromatic heterocycles. The lowest BCUT2D eigenvalue weighted by atomic mass is 10.0. The van der Waals surface area contributed by atoms with Crippen molar-refractivity contribution in [1.29, 1.82) is 0 Å². The quantitative estimate of drug-likeness (QED) is 0.763. The molecule has 1 atom stereocenters. The third kappa shape index (κ3) is 3.19. The highest BCUT2D eigenvalue weighted by molar-refractivity contribution is 5.82. The predicted octanol–water partition coefficient (Wildman–Crippen LogP) is 0.707. The van der Waals surface area contributed by atoms with Gasteiger partial charge in [-0.25, -0.2) is 9.97 Å². The maximum Gasteiger partial charge on any atom is 0.240 e. The number of rotatable bonds is 4. The number of aryl methyl sites for hydroxylation is 1. The molecule has 0 aliphatic heterocycles. The highest BCUT2D eigenvalue weighted by Crippen LogP contribution is 2.08. The largest absolute Gasteiger partial charge is 0.368 e. The first-order valence-corrected chi connectivity index (χ1v) is 4.86. The van der Waals surface area contributed by atoms with Crippen molar-refractivity contribution in [2.45, 2.75) is 26.8 Å². The summed E-state index contributed by atoms with van der Waals surface area (Å²) in [4.78, 5) is 19.3. The number of nitrogens with zero attached hydrogens (tertiary/aromatic N) is 2. The molecule has 1 rings (SSSR count). The van der Waals surface area contributed by atoms with Crippen LogP contribution in [-0.4, -0.2) is 21.9 Å². The van der Waals surface area contributed by atoms with E-state index < -0.39 is 11.9 Å². The topological polar surface area (TPSA) is 80.9 Å². The minimum atomic E-state index is -0.438. The Labute approximate surface area is 89.1 Å². The zero-order valence-corrected chi connectivity index (χ0v) is 9.19.